The van der Waals surface area contributed by atoms with Crippen molar-refractivity contribution in [3.63, 3.8) is 0 Å². The number of rotatable bonds is 0. The number of benzene rings is 3. The van der Waals surface area contributed by atoms with Gasteiger partial charge in [-0.1, -0.05) is 12.1 Å². The molecule has 0 saturated heterocycles. The monoisotopic (exact) mass is 670 g/mol. The fourth-order valence-electron chi connectivity index (χ4n) is 6.76. The first-order valence-corrected chi connectivity index (χ1v) is 17.5. The third-order valence-corrected chi connectivity index (χ3v) is 9.62. The van der Waals surface area contributed by atoms with Crippen LogP contribution in [0.3, 0.4) is 0 Å². The lowest BCUT2D eigenvalue weighted by molar-refractivity contribution is -0.697. The highest BCUT2D eigenvalue weighted by Gasteiger charge is 2.14. The predicted octanol–water partition coefficient (Wildman–Crippen LogP) is 6.64. The van der Waals surface area contributed by atoms with Crippen LogP contribution in [-0.4, -0.2) is 13.2 Å². The topological polar surface area (TPSA) is 47.1 Å². The number of nitrogens with zero attached hydrogens (tertiary/aromatic N) is 4. The quantitative estimate of drug-likeness (QED) is 0.170. The summed E-state index contributed by atoms with van der Waals surface area (Å²) in [4.78, 5) is 0. The van der Waals surface area contributed by atoms with Gasteiger partial charge in [0.25, 0.3) is 0 Å². The number of ether oxygens (including phenoxy) is 2. The van der Waals surface area contributed by atoms with Gasteiger partial charge in [0.2, 0.25) is 0 Å². The second-order valence-corrected chi connectivity index (χ2v) is 13.1. The number of aromatic nitrogens is 4. The van der Waals surface area contributed by atoms with Gasteiger partial charge in [0.05, 0.1) is 0 Å². The molecule has 0 radical (unpaired) electrons. The molecule has 7 nitrogen and oxygen atoms in total. The van der Waals surface area contributed by atoms with Crippen LogP contribution >= 0.6 is 0 Å². The Morgan fingerprint density at radius 3 is 1.10 bits per heavy atom. The van der Waals surface area contributed by atoms with E-state index in [4.69, 9.17) is 13.9 Å². The Bertz CT molecular complexity index is 2270. The Labute approximate surface area is 296 Å². The maximum Gasteiger partial charge on any atom is 0.182 e. The van der Waals surface area contributed by atoms with E-state index in [2.05, 4.69) is 153 Å². The van der Waals surface area contributed by atoms with Gasteiger partial charge in [-0.25, -0.2) is 18.3 Å². The maximum absolute atomic E-state index is 6.41. The molecule has 5 aromatic heterocycles. The molecule has 0 spiro atoms. The van der Waals surface area contributed by atoms with E-state index in [0.29, 0.717) is 13.2 Å². The Hall–Kier alpha value is -6.34. The summed E-state index contributed by atoms with van der Waals surface area (Å²) < 4.78 is 27.2. The summed E-state index contributed by atoms with van der Waals surface area (Å²) in [6.45, 7) is 4.18. The van der Waals surface area contributed by atoms with Gasteiger partial charge in [-0.2, -0.15) is 0 Å². The van der Waals surface area contributed by atoms with Crippen molar-refractivity contribution in [1.29, 1.82) is 0 Å². The summed E-state index contributed by atoms with van der Waals surface area (Å²) in [5, 5.41) is 2.29. The zero-order valence-corrected chi connectivity index (χ0v) is 28.3. The first-order chi connectivity index (χ1) is 25.2. The largest absolute Gasteiger partial charge is 0.487 e. The van der Waals surface area contributed by atoms with Gasteiger partial charge in [-0.15, -0.1) is 0 Å². The lowest BCUT2D eigenvalue weighted by Crippen LogP contribution is -2.35. The molecule has 0 aliphatic carbocycles. The molecule has 0 fully saturated rings. The lowest BCUT2D eigenvalue weighted by atomic mass is 10.1. The number of hydrogen-bond donors (Lipinski definition) is 0. The van der Waals surface area contributed by atoms with Gasteiger partial charge in [0, 0.05) is 70.4 Å². The Morgan fingerprint density at radius 2 is 0.725 bits per heavy atom. The van der Waals surface area contributed by atoms with Crippen molar-refractivity contribution in [3.8, 4) is 33.8 Å². The van der Waals surface area contributed by atoms with E-state index < -0.39 is 0 Å². The first kappa shape index (κ1) is 30.7. The molecule has 16 rings (SSSR count). The minimum atomic E-state index is 0.575. The van der Waals surface area contributed by atoms with E-state index >= 15 is 0 Å². The van der Waals surface area contributed by atoms with Crippen LogP contribution in [0.15, 0.2) is 163 Å². The summed E-state index contributed by atoms with van der Waals surface area (Å²) >= 11 is 0. The maximum atomic E-state index is 6.41. The molecular formula is C44H38N4O3+4. The molecule has 51 heavy (non-hydrogen) atoms. The fraction of sp³-hybridized carbons (Fsp3) is 0.136. The van der Waals surface area contributed by atoms with E-state index in [1.807, 2.05) is 24.3 Å². The van der Waals surface area contributed by atoms with Crippen molar-refractivity contribution < 1.29 is 32.2 Å². The molecule has 248 valence electrons. The van der Waals surface area contributed by atoms with Crippen molar-refractivity contribution in [2.45, 2.75) is 26.2 Å². The molecule has 3 aromatic carbocycles. The molecule has 7 heteroatoms. The average molecular weight is 671 g/mol. The van der Waals surface area contributed by atoms with E-state index in [0.717, 1.165) is 59.6 Å². The van der Waals surface area contributed by atoms with Crippen LogP contribution in [0.2, 0.25) is 0 Å². The predicted molar refractivity (Wildman–Crippen MR) is 194 cm³/mol. The third-order valence-electron chi connectivity index (χ3n) is 9.62. The summed E-state index contributed by atoms with van der Waals surface area (Å²) in [6.07, 6.45) is 17.0. The van der Waals surface area contributed by atoms with Crippen molar-refractivity contribution in [2.75, 3.05) is 13.2 Å². The minimum Gasteiger partial charge on any atom is -0.487 e. The number of fused-ring (bicyclic) bond motifs is 2. The Kier molecular flexibility index (Phi) is 8.14. The fourth-order valence-corrected chi connectivity index (χ4v) is 6.76. The highest BCUT2D eigenvalue weighted by Crippen LogP contribution is 2.30. The van der Waals surface area contributed by atoms with Gasteiger partial charge in [0.1, 0.15) is 35.9 Å². The van der Waals surface area contributed by atoms with Crippen molar-refractivity contribution in [3.05, 3.63) is 170 Å². The molecular weight excluding hydrogens is 633 g/mol. The highest BCUT2D eigenvalue weighted by atomic mass is 16.5. The summed E-state index contributed by atoms with van der Waals surface area (Å²) in [7, 11) is 0. The Balaban J connectivity index is 0.980. The second kappa shape index (κ2) is 13.5. The van der Waals surface area contributed by atoms with Crippen molar-refractivity contribution in [1.82, 2.24) is 0 Å². The molecule has 14 bridgehead atoms. The van der Waals surface area contributed by atoms with Crippen LogP contribution in [0, 0.1) is 0 Å². The molecule has 0 atom stereocenters. The third kappa shape index (κ3) is 6.79. The van der Waals surface area contributed by atoms with Crippen LogP contribution in [-0.2, 0) is 26.2 Å². The zero-order valence-electron chi connectivity index (χ0n) is 28.3. The molecule has 8 aliphatic rings. The summed E-state index contributed by atoms with van der Waals surface area (Å²) in [5.74, 6) is 1.66. The van der Waals surface area contributed by atoms with Crippen LogP contribution in [0.1, 0.15) is 11.1 Å². The van der Waals surface area contributed by atoms with E-state index in [9.17, 15) is 0 Å². The number of pyridine rings is 4. The van der Waals surface area contributed by atoms with Crippen LogP contribution in [0.4, 0.5) is 0 Å². The van der Waals surface area contributed by atoms with Gasteiger partial charge in [0.15, 0.2) is 75.8 Å². The van der Waals surface area contributed by atoms with Gasteiger partial charge < -0.3 is 13.9 Å². The van der Waals surface area contributed by atoms with Crippen LogP contribution < -0.4 is 27.7 Å². The Morgan fingerprint density at radius 1 is 0.373 bits per heavy atom. The van der Waals surface area contributed by atoms with Gasteiger partial charge >= 0.3 is 0 Å². The molecule has 8 aromatic rings. The lowest BCUT2D eigenvalue weighted by Gasteiger charge is -2.07. The average Bonchev–Trinajstić information content (AvgIpc) is 3.53. The standard InChI is InChI=1S/C44H38N4O3/c1-7-41-42-8-2-34-30-44(42)51-43(41)29-33(1)31-47-21-13-37(14-22-47)35-9-17-45(18-10-35)25-27-49-39-3-5-40(6-4-39)50-28-26-46-19-11-36(12-20-46)38-15-23-48(32-34)24-16-38/h1-24,29-30H,25-28,31-32H2/q+4. The first-order valence-electron chi connectivity index (χ1n) is 17.5. The molecule has 8 aliphatic heterocycles. The second-order valence-electron chi connectivity index (χ2n) is 13.1. The molecule has 0 N–H and O–H groups in total. The van der Waals surface area contributed by atoms with Gasteiger partial charge in [-0.05, 0) is 70.8 Å². The van der Waals surface area contributed by atoms with Crippen molar-refractivity contribution >= 4 is 21.9 Å². The SMILES string of the molecule is c1cc2c3cc1C[n+]1ccc(cc1)-c1cc[n+](cc1)CCOc1ccc(cc1)OCC[n+]1ccc(cc1)-c1cc[n+](cc1)Cc1ccc2c(c1)o3. The summed E-state index contributed by atoms with van der Waals surface area (Å²) in [6, 6.07) is 38.3. The highest BCUT2D eigenvalue weighted by molar-refractivity contribution is 6.05. The smallest absolute Gasteiger partial charge is 0.182 e. The molecule has 0 unspecified atom stereocenters. The molecule has 0 saturated carbocycles. The number of furan rings is 1. The van der Waals surface area contributed by atoms with Gasteiger partial charge in [-0.3, -0.25) is 0 Å². The minimum absolute atomic E-state index is 0.575. The van der Waals surface area contributed by atoms with Crippen molar-refractivity contribution in [2.24, 2.45) is 0 Å². The molecule has 0 amide bonds. The normalized spacial score (nSPS) is 13.3. The van der Waals surface area contributed by atoms with Crippen LogP contribution in [0.5, 0.6) is 11.5 Å². The van der Waals surface area contributed by atoms with Crippen LogP contribution in [0.25, 0.3) is 44.2 Å². The van der Waals surface area contributed by atoms with E-state index in [-0.39, 0.29) is 0 Å². The summed E-state index contributed by atoms with van der Waals surface area (Å²) in [5.41, 5.74) is 8.94. The zero-order chi connectivity index (χ0) is 34.0. The van der Waals surface area contributed by atoms with E-state index in [1.54, 1.807) is 0 Å². The molecule has 13 heterocycles. The van der Waals surface area contributed by atoms with E-state index in [1.165, 1.54) is 33.4 Å². The number of hydrogen-bond acceptors (Lipinski definition) is 3.